The zero-order valence-corrected chi connectivity index (χ0v) is 12.9. The molecule has 0 aliphatic heterocycles. The second-order valence-electron chi connectivity index (χ2n) is 5.55. The molecule has 1 aliphatic carbocycles. The average molecular weight is 302 g/mol. The molecule has 0 saturated heterocycles. The van der Waals surface area contributed by atoms with Crippen molar-refractivity contribution in [2.75, 3.05) is 0 Å². The molecule has 0 amide bonds. The summed E-state index contributed by atoms with van der Waals surface area (Å²) in [6.45, 7) is 1.91. The SMILES string of the molecule is Cc1nnc(-n2nnc(C#N)c2CCC2CCCCC2)s1. The Bertz CT molecular complexity index is 647. The fraction of sp³-hybridized carbons (Fsp3) is 0.643. The highest BCUT2D eigenvalue weighted by Crippen LogP contribution is 2.28. The van der Waals surface area contributed by atoms with E-state index in [4.69, 9.17) is 0 Å². The molecule has 2 aromatic heterocycles. The molecule has 110 valence electrons. The summed E-state index contributed by atoms with van der Waals surface area (Å²) >= 11 is 1.47. The van der Waals surface area contributed by atoms with E-state index < -0.39 is 0 Å². The predicted octanol–water partition coefficient (Wildman–Crippen LogP) is 2.81. The van der Waals surface area contributed by atoms with Crippen LogP contribution < -0.4 is 0 Å². The molecule has 3 rings (SSSR count). The van der Waals surface area contributed by atoms with Crippen molar-refractivity contribution in [2.45, 2.75) is 51.9 Å². The average Bonchev–Trinajstić information content (AvgIpc) is 3.11. The number of rotatable bonds is 4. The van der Waals surface area contributed by atoms with Gasteiger partial charge in [0.15, 0.2) is 5.69 Å². The molecule has 6 nitrogen and oxygen atoms in total. The van der Waals surface area contributed by atoms with Crippen LogP contribution in [0.5, 0.6) is 0 Å². The van der Waals surface area contributed by atoms with Crippen molar-refractivity contribution in [2.24, 2.45) is 5.92 Å². The molecule has 0 aromatic carbocycles. The maximum Gasteiger partial charge on any atom is 0.234 e. The van der Waals surface area contributed by atoms with Crippen molar-refractivity contribution >= 4 is 11.3 Å². The second-order valence-corrected chi connectivity index (χ2v) is 6.71. The van der Waals surface area contributed by atoms with Gasteiger partial charge < -0.3 is 0 Å². The normalized spacial score (nSPS) is 16.0. The van der Waals surface area contributed by atoms with Crippen LogP contribution in [0.15, 0.2) is 0 Å². The van der Waals surface area contributed by atoms with Crippen molar-refractivity contribution in [3.8, 4) is 11.2 Å². The number of aryl methyl sites for hydroxylation is 1. The molecule has 1 saturated carbocycles. The highest BCUT2D eigenvalue weighted by molar-refractivity contribution is 7.13. The summed E-state index contributed by atoms with van der Waals surface area (Å²) in [7, 11) is 0. The van der Waals surface area contributed by atoms with E-state index >= 15 is 0 Å². The van der Waals surface area contributed by atoms with Crippen molar-refractivity contribution in [1.82, 2.24) is 25.2 Å². The van der Waals surface area contributed by atoms with Crippen LogP contribution in [-0.2, 0) is 6.42 Å². The van der Waals surface area contributed by atoms with Crippen molar-refractivity contribution in [3.05, 3.63) is 16.4 Å². The molecule has 1 fully saturated rings. The van der Waals surface area contributed by atoms with Gasteiger partial charge in [-0.2, -0.15) is 9.94 Å². The van der Waals surface area contributed by atoms with E-state index in [1.807, 2.05) is 6.92 Å². The third kappa shape index (κ3) is 3.10. The first-order chi connectivity index (χ1) is 10.3. The predicted molar refractivity (Wildman–Crippen MR) is 79.2 cm³/mol. The Morgan fingerprint density at radius 1 is 1.24 bits per heavy atom. The topological polar surface area (TPSA) is 80.3 Å². The van der Waals surface area contributed by atoms with Crippen LogP contribution >= 0.6 is 11.3 Å². The van der Waals surface area contributed by atoms with E-state index in [1.165, 1.54) is 43.4 Å². The summed E-state index contributed by atoms with van der Waals surface area (Å²) in [5, 5.41) is 27.0. The third-order valence-electron chi connectivity index (χ3n) is 4.08. The second kappa shape index (κ2) is 6.31. The van der Waals surface area contributed by atoms with Gasteiger partial charge in [-0.15, -0.1) is 15.3 Å². The standard InChI is InChI=1S/C14H18N6S/c1-10-16-18-14(21-10)20-13(12(9-15)17-19-20)8-7-11-5-3-2-4-6-11/h11H,2-8H2,1H3. The molecule has 7 heteroatoms. The molecule has 0 N–H and O–H groups in total. The number of nitrogens with zero attached hydrogens (tertiary/aromatic N) is 6. The maximum atomic E-state index is 9.22. The highest BCUT2D eigenvalue weighted by Gasteiger charge is 2.19. The largest absolute Gasteiger partial charge is 0.234 e. The zero-order valence-electron chi connectivity index (χ0n) is 12.1. The van der Waals surface area contributed by atoms with Gasteiger partial charge >= 0.3 is 0 Å². The molecule has 2 aromatic rings. The van der Waals surface area contributed by atoms with Crippen LogP contribution in [0.4, 0.5) is 0 Å². The lowest BCUT2D eigenvalue weighted by atomic mass is 9.85. The van der Waals surface area contributed by atoms with Gasteiger partial charge in [0.1, 0.15) is 11.1 Å². The molecule has 0 unspecified atom stereocenters. The molecule has 0 spiro atoms. The van der Waals surface area contributed by atoms with Gasteiger partial charge in [-0.1, -0.05) is 48.7 Å². The summed E-state index contributed by atoms with van der Waals surface area (Å²) in [6.07, 6.45) is 8.58. The van der Waals surface area contributed by atoms with Gasteiger partial charge in [-0.25, -0.2) is 0 Å². The Hall–Kier alpha value is -1.81. The Balaban J connectivity index is 1.79. The number of aromatic nitrogens is 5. The lowest BCUT2D eigenvalue weighted by Crippen LogP contribution is -2.10. The Morgan fingerprint density at radius 3 is 2.71 bits per heavy atom. The number of hydrogen-bond acceptors (Lipinski definition) is 6. The first-order valence-corrected chi connectivity index (χ1v) is 8.24. The van der Waals surface area contributed by atoms with E-state index in [0.717, 1.165) is 29.5 Å². The molecule has 21 heavy (non-hydrogen) atoms. The minimum Gasteiger partial charge on any atom is -0.191 e. The van der Waals surface area contributed by atoms with Crippen molar-refractivity contribution < 1.29 is 0 Å². The van der Waals surface area contributed by atoms with Gasteiger partial charge in [0, 0.05) is 0 Å². The van der Waals surface area contributed by atoms with Crippen LogP contribution in [0, 0.1) is 24.2 Å². The molecule has 1 aliphatic rings. The van der Waals surface area contributed by atoms with E-state index in [0.29, 0.717) is 10.8 Å². The minimum atomic E-state index is 0.415. The van der Waals surface area contributed by atoms with Crippen LogP contribution in [0.3, 0.4) is 0 Å². The van der Waals surface area contributed by atoms with Crippen molar-refractivity contribution in [3.63, 3.8) is 0 Å². The third-order valence-corrected chi connectivity index (χ3v) is 4.89. The zero-order chi connectivity index (χ0) is 14.7. The molecule has 2 heterocycles. The first-order valence-electron chi connectivity index (χ1n) is 7.43. The van der Waals surface area contributed by atoms with E-state index in [-0.39, 0.29) is 0 Å². The monoisotopic (exact) mass is 302 g/mol. The van der Waals surface area contributed by atoms with E-state index in [9.17, 15) is 5.26 Å². The van der Waals surface area contributed by atoms with Crippen LogP contribution in [-0.4, -0.2) is 25.2 Å². The number of hydrogen-bond donors (Lipinski definition) is 0. The van der Waals surface area contributed by atoms with Crippen LogP contribution in [0.1, 0.15) is 54.9 Å². The lowest BCUT2D eigenvalue weighted by molar-refractivity contribution is 0.337. The fourth-order valence-electron chi connectivity index (χ4n) is 2.95. The summed E-state index contributed by atoms with van der Waals surface area (Å²) in [5.41, 5.74) is 1.29. The Labute approximate surface area is 127 Å². The summed E-state index contributed by atoms with van der Waals surface area (Å²) < 4.78 is 1.69. The molecular formula is C14H18N6S. The maximum absolute atomic E-state index is 9.22. The van der Waals surface area contributed by atoms with Gasteiger partial charge in [-0.05, 0) is 25.7 Å². The molecular weight excluding hydrogens is 284 g/mol. The number of nitriles is 1. The van der Waals surface area contributed by atoms with Gasteiger partial charge in [0.25, 0.3) is 0 Å². The van der Waals surface area contributed by atoms with Crippen LogP contribution in [0.25, 0.3) is 5.13 Å². The molecule has 0 atom stereocenters. The first kappa shape index (κ1) is 14.1. The van der Waals surface area contributed by atoms with Gasteiger partial charge in [-0.3, -0.25) is 0 Å². The fourth-order valence-corrected chi connectivity index (χ4v) is 3.62. The molecule has 0 bridgehead atoms. The quantitative estimate of drug-likeness (QED) is 0.867. The Kier molecular flexibility index (Phi) is 4.25. The van der Waals surface area contributed by atoms with E-state index in [2.05, 4.69) is 26.6 Å². The highest BCUT2D eigenvalue weighted by atomic mass is 32.1. The Morgan fingerprint density at radius 2 is 2.05 bits per heavy atom. The summed E-state index contributed by atoms with van der Waals surface area (Å²) in [6, 6.07) is 2.14. The molecule has 0 radical (unpaired) electrons. The summed E-state index contributed by atoms with van der Waals surface area (Å²) in [5.74, 6) is 0.768. The van der Waals surface area contributed by atoms with Gasteiger partial charge in [0.2, 0.25) is 5.13 Å². The van der Waals surface area contributed by atoms with Crippen molar-refractivity contribution in [1.29, 1.82) is 5.26 Å². The van der Waals surface area contributed by atoms with Gasteiger partial charge in [0.05, 0.1) is 5.69 Å². The minimum absolute atomic E-state index is 0.415. The lowest BCUT2D eigenvalue weighted by Gasteiger charge is -2.21. The van der Waals surface area contributed by atoms with Crippen LogP contribution in [0.2, 0.25) is 0 Å². The summed E-state index contributed by atoms with van der Waals surface area (Å²) in [4.78, 5) is 0. The van der Waals surface area contributed by atoms with E-state index in [1.54, 1.807) is 4.68 Å². The smallest absolute Gasteiger partial charge is 0.191 e.